The molecule has 1 saturated heterocycles. The fourth-order valence-corrected chi connectivity index (χ4v) is 4.03. The van der Waals surface area contributed by atoms with Crippen molar-refractivity contribution >= 4 is 51.9 Å². The molecule has 0 spiro atoms. The van der Waals surface area contributed by atoms with Crippen molar-refractivity contribution in [2.75, 3.05) is 24.1 Å². The summed E-state index contributed by atoms with van der Waals surface area (Å²) in [6.45, 7) is 0. The fraction of sp³-hybridized carbons (Fsp3) is 0.222. The van der Waals surface area contributed by atoms with E-state index in [-0.39, 0.29) is 11.8 Å². The van der Waals surface area contributed by atoms with Gasteiger partial charge >= 0.3 is 0 Å². The number of benzene rings is 2. The molecule has 0 radical (unpaired) electrons. The van der Waals surface area contributed by atoms with Crippen LogP contribution in [0.4, 0.5) is 5.69 Å². The molecule has 3 rings (SSSR count). The first-order valence-corrected chi connectivity index (χ1v) is 9.91. The van der Waals surface area contributed by atoms with Gasteiger partial charge in [-0.05, 0) is 71.1 Å². The highest BCUT2D eigenvalue weighted by atomic mass is 127. The van der Waals surface area contributed by atoms with E-state index in [9.17, 15) is 9.59 Å². The first-order chi connectivity index (χ1) is 12.1. The number of amides is 2. The average molecular weight is 468 g/mol. The number of hydrogen-bond donors (Lipinski definition) is 1. The summed E-state index contributed by atoms with van der Waals surface area (Å²) >= 11 is 3.78. The summed E-state index contributed by atoms with van der Waals surface area (Å²) in [5.41, 5.74) is 1.29. The molecule has 1 aliphatic heterocycles. The van der Waals surface area contributed by atoms with E-state index in [1.807, 2.05) is 12.1 Å². The van der Waals surface area contributed by atoms with Crippen molar-refractivity contribution in [1.82, 2.24) is 4.90 Å². The molecule has 0 saturated carbocycles. The first-order valence-electron chi connectivity index (χ1n) is 7.67. The lowest BCUT2D eigenvalue weighted by molar-refractivity contribution is -0.119. The molecule has 25 heavy (non-hydrogen) atoms. The number of nitrogens with one attached hydrogen (secondary N) is 1. The number of thioether (sulfide) groups is 1. The Balaban J connectivity index is 1.70. The Kier molecular flexibility index (Phi) is 5.85. The number of hydrogen-bond acceptors (Lipinski definition) is 4. The minimum atomic E-state index is -0.473. The van der Waals surface area contributed by atoms with Crippen LogP contribution >= 0.6 is 34.4 Å². The number of rotatable bonds is 4. The van der Waals surface area contributed by atoms with E-state index in [0.717, 1.165) is 9.32 Å². The summed E-state index contributed by atoms with van der Waals surface area (Å²) in [6.07, 6.45) is 0. The Bertz CT molecular complexity index is 765. The normalized spacial score (nSPS) is 16.6. The van der Waals surface area contributed by atoms with Crippen molar-refractivity contribution in [2.45, 2.75) is 6.04 Å². The Morgan fingerprint density at radius 2 is 1.84 bits per heavy atom. The van der Waals surface area contributed by atoms with Gasteiger partial charge in [0.15, 0.2) is 0 Å². The standard InChI is InChI=1S/C18H17IN2O3S/c1-24-15-8-6-14(7-9-15)20-17(22)16-10-25-11-21(16)18(23)12-2-4-13(19)5-3-12/h2-9,16H,10-11H2,1H3,(H,20,22). The molecule has 2 aromatic rings. The molecule has 0 aromatic heterocycles. The summed E-state index contributed by atoms with van der Waals surface area (Å²) in [5, 5.41) is 2.88. The molecule has 2 amide bonds. The van der Waals surface area contributed by atoms with E-state index in [2.05, 4.69) is 27.9 Å². The van der Waals surface area contributed by atoms with Gasteiger partial charge < -0.3 is 15.0 Å². The average Bonchev–Trinajstić information content (AvgIpc) is 3.12. The second-order valence-corrected chi connectivity index (χ2v) is 7.76. The van der Waals surface area contributed by atoms with Crippen molar-refractivity contribution < 1.29 is 14.3 Å². The van der Waals surface area contributed by atoms with Crippen LogP contribution in [0.5, 0.6) is 5.75 Å². The number of anilines is 1. The second-order valence-electron chi connectivity index (χ2n) is 5.52. The van der Waals surface area contributed by atoms with Crippen molar-refractivity contribution in [3.8, 4) is 5.75 Å². The molecular weight excluding hydrogens is 451 g/mol. The predicted molar refractivity (Wildman–Crippen MR) is 108 cm³/mol. The summed E-state index contributed by atoms with van der Waals surface area (Å²) < 4.78 is 6.18. The van der Waals surface area contributed by atoms with E-state index in [0.29, 0.717) is 22.9 Å². The van der Waals surface area contributed by atoms with Crippen LogP contribution in [-0.2, 0) is 4.79 Å². The highest BCUT2D eigenvalue weighted by Gasteiger charge is 2.35. The fourth-order valence-electron chi connectivity index (χ4n) is 2.52. The molecule has 7 heteroatoms. The minimum absolute atomic E-state index is 0.115. The third-order valence-electron chi connectivity index (χ3n) is 3.89. The van der Waals surface area contributed by atoms with Crippen molar-refractivity contribution in [1.29, 1.82) is 0 Å². The van der Waals surface area contributed by atoms with E-state index in [1.54, 1.807) is 60.2 Å². The summed E-state index contributed by atoms with van der Waals surface area (Å²) in [7, 11) is 1.59. The number of nitrogens with zero attached hydrogens (tertiary/aromatic N) is 1. The van der Waals surface area contributed by atoms with Gasteiger partial charge in [0.05, 0.1) is 13.0 Å². The zero-order valence-corrected chi connectivity index (χ0v) is 16.5. The van der Waals surface area contributed by atoms with Gasteiger partial charge in [-0.25, -0.2) is 0 Å². The van der Waals surface area contributed by atoms with Crippen molar-refractivity contribution in [2.24, 2.45) is 0 Å². The molecule has 130 valence electrons. The number of methoxy groups -OCH3 is 1. The maximum absolute atomic E-state index is 12.7. The molecule has 1 heterocycles. The molecule has 2 aromatic carbocycles. The van der Waals surface area contributed by atoms with E-state index in [4.69, 9.17) is 4.74 Å². The lowest BCUT2D eigenvalue weighted by Gasteiger charge is -2.23. The molecule has 1 fully saturated rings. The molecule has 1 atom stereocenters. The zero-order chi connectivity index (χ0) is 17.8. The number of ether oxygens (including phenoxy) is 1. The second kappa shape index (κ2) is 8.09. The Morgan fingerprint density at radius 1 is 1.16 bits per heavy atom. The van der Waals surface area contributed by atoms with Gasteiger partial charge in [0.1, 0.15) is 11.8 Å². The number of carbonyl (C=O) groups excluding carboxylic acids is 2. The number of halogens is 1. The van der Waals surface area contributed by atoms with Crippen LogP contribution in [0, 0.1) is 3.57 Å². The van der Waals surface area contributed by atoms with Crippen LogP contribution in [0.3, 0.4) is 0 Å². The smallest absolute Gasteiger partial charge is 0.255 e. The van der Waals surface area contributed by atoms with Crippen LogP contribution in [0.25, 0.3) is 0 Å². The summed E-state index contributed by atoms with van der Waals surface area (Å²) in [4.78, 5) is 27.0. The quantitative estimate of drug-likeness (QED) is 0.699. The van der Waals surface area contributed by atoms with Crippen LogP contribution in [-0.4, -0.2) is 41.5 Å². The molecule has 0 aliphatic carbocycles. The largest absolute Gasteiger partial charge is 0.497 e. The monoisotopic (exact) mass is 468 g/mol. The molecule has 1 N–H and O–H groups in total. The van der Waals surface area contributed by atoms with Crippen LogP contribution in [0.15, 0.2) is 48.5 Å². The van der Waals surface area contributed by atoms with Gasteiger partial charge in [-0.1, -0.05) is 0 Å². The molecule has 5 nitrogen and oxygen atoms in total. The minimum Gasteiger partial charge on any atom is -0.497 e. The number of carbonyl (C=O) groups is 2. The van der Waals surface area contributed by atoms with E-state index in [1.165, 1.54) is 0 Å². The highest BCUT2D eigenvalue weighted by Crippen LogP contribution is 2.25. The van der Waals surface area contributed by atoms with Gasteiger partial charge in [-0.2, -0.15) is 0 Å². The lowest BCUT2D eigenvalue weighted by atomic mass is 10.1. The van der Waals surface area contributed by atoms with Gasteiger partial charge in [0, 0.05) is 20.6 Å². The summed E-state index contributed by atoms with van der Waals surface area (Å²) in [6, 6.07) is 14.0. The van der Waals surface area contributed by atoms with E-state index < -0.39 is 6.04 Å². The van der Waals surface area contributed by atoms with Gasteiger partial charge in [0.25, 0.3) is 5.91 Å². The molecule has 1 unspecified atom stereocenters. The molecule has 1 aliphatic rings. The van der Waals surface area contributed by atoms with Crippen LogP contribution in [0.2, 0.25) is 0 Å². The third-order valence-corrected chi connectivity index (χ3v) is 5.63. The van der Waals surface area contributed by atoms with E-state index >= 15 is 0 Å². The third kappa shape index (κ3) is 4.27. The Labute approximate surface area is 164 Å². The van der Waals surface area contributed by atoms with Gasteiger partial charge in [-0.15, -0.1) is 11.8 Å². The highest BCUT2D eigenvalue weighted by molar-refractivity contribution is 14.1. The molecular formula is C18H17IN2O3S. The predicted octanol–water partition coefficient (Wildman–Crippen LogP) is 3.45. The first kappa shape index (κ1) is 18.1. The van der Waals surface area contributed by atoms with Crippen LogP contribution in [0.1, 0.15) is 10.4 Å². The van der Waals surface area contributed by atoms with Gasteiger partial charge in [0.2, 0.25) is 5.91 Å². The topological polar surface area (TPSA) is 58.6 Å². The summed E-state index contributed by atoms with van der Waals surface area (Å²) in [5.74, 6) is 1.55. The van der Waals surface area contributed by atoms with Crippen molar-refractivity contribution in [3.63, 3.8) is 0 Å². The van der Waals surface area contributed by atoms with Crippen molar-refractivity contribution in [3.05, 3.63) is 57.7 Å². The molecule has 0 bridgehead atoms. The Morgan fingerprint density at radius 3 is 2.48 bits per heavy atom. The van der Waals surface area contributed by atoms with Crippen LogP contribution < -0.4 is 10.1 Å². The van der Waals surface area contributed by atoms with Gasteiger partial charge in [-0.3, -0.25) is 9.59 Å². The zero-order valence-electron chi connectivity index (χ0n) is 13.6. The maximum atomic E-state index is 12.7. The SMILES string of the molecule is COc1ccc(NC(=O)C2CSCN2C(=O)c2ccc(I)cc2)cc1. The lowest BCUT2D eigenvalue weighted by Crippen LogP contribution is -2.44. The maximum Gasteiger partial charge on any atom is 0.255 e. The Hall–Kier alpha value is -1.74.